The van der Waals surface area contributed by atoms with Crippen molar-refractivity contribution in [3.05, 3.63) is 102 Å². The Balaban J connectivity index is 1.52. The number of aryl methyl sites for hydroxylation is 1. The van der Waals surface area contributed by atoms with Gasteiger partial charge in [-0.3, -0.25) is 0 Å². The molecule has 0 aliphatic rings. The molecular formula is C25H29NO. The average Bonchev–Trinajstić information content (AvgIpc) is 2.72. The van der Waals surface area contributed by atoms with E-state index in [-0.39, 0.29) is 0 Å². The quantitative estimate of drug-likeness (QED) is 0.539. The van der Waals surface area contributed by atoms with Gasteiger partial charge >= 0.3 is 0 Å². The molecule has 1 N–H and O–H groups in total. The lowest BCUT2D eigenvalue weighted by Gasteiger charge is -2.20. The fourth-order valence-electron chi connectivity index (χ4n) is 3.29. The van der Waals surface area contributed by atoms with Crippen LogP contribution in [-0.2, 0) is 0 Å². The summed E-state index contributed by atoms with van der Waals surface area (Å²) in [4.78, 5) is 0. The topological polar surface area (TPSA) is 21.3 Å². The number of rotatable bonds is 9. The maximum Gasteiger partial charge on any atom is 0.119 e. The standard InChI is InChI=1S/C25H29NO/c1-20-13-15-24(16-14-20)27-19-21(2)26-18-17-25(22-9-5-3-6-10-22)23-11-7-4-8-12-23/h3-16,21,25-26H,17-19H2,1-2H3/t21-/m0/s1. The molecule has 0 unspecified atom stereocenters. The summed E-state index contributed by atoms with van der Waals surface area (Å²) in [7, 11) is 0. The lowest BCUT2D eigenvalue weighted by Crippen LogP contribution is -2.33. The molecule has 0 radical (unpaired) electrons. The van der Waals surface area contributed by atoms with Crippen LogP contribution in [0, 0.1) is 6.92 Å². The van der Waals surface area contributed by atoms with E-state index in [1.807, 2.05) is 12.1 Å². The van der Waals surface area contributed by atoms with Crippen LogP contribution in [0.15, 0.2) is 84.9 Å². The third-order valence-electron chi connectivity index (χ3n) is 4.85. The SMILES string of the molecule is Cc1ccc(OC[C@H](C)NCCC(c2ccccc2)c2ccccc2)cc1. The van der Waals surface area contributed by atoms with E-state index in [0.717, 1.165) is 18.7 Å². The van der Waals surface area contributed by atoms with Crippen molar-refractivity contribution in [1.82, 2.24) is 5.32 Å². The van der Waals surface area contributed by atoms with Crippen molar-refractivity contribution in [3.63, 3.8) is 0 Å². The molecule has 0 saturated heterocycles. The molecule has 140 valence electrons. The van der Waals surface area contributed by atoms with Gasteiger partial charge in [0.05, 0.1) is 0 Å². The molecule has 0 saturated carbocycles. The zero-order valence-electron chi connectivity index (χ0n) is 16.3. The summed E-state index contributed by atoms with van der Waals surface area (Å²) in [5.41, 5.74) is 3.99. The molecule has 0 heterocycles. The van der Waals surface area contributed by atoms with Crippen molar-refractivity contribution in [2.75, 3.05) is 13.2 Å². The Morgan fingerprint density at radius 3 is 1.89 bits per heavy atom. The van der Waals surface area contributed by atoms with Crippen molar-refractivity contribution in [3.8, 4) is 5.75 Å². The van der Waals surface area contributed by atoms with Gasteiger partial charge in [0.2, 0.25) is 0 Å². The number of hydrogen-bond acceptors (Lipinski definition) is 2. The van der Waals surface area contributed by atoms with E-state index in [1.165, 1.54) is 16.7 Å². The van der Waals surface area contributed by atoms with Crippen LogP contribution in [0.3, 0.4) is 0 Å². The van der Waals surface area contributed by atoms with E-state index in [0.29, 0.717) is 18.6 Å². The van der Waals surface area contributed by atoms with Gasteiger partial charge in [0.1, 0.15) is 12.4 Å². The largest absolute Gasteiger partial charge is 0.492 e. The van der Waals surface area contributed by atoms with Crippen molar-refractivity contribution in [1.29, 1.82) is 0 Å². The number of benzene rings is 3. The second-order valence-electron chi connectivity index (χ2n) is 7.14. The van der Waals surface area contributed by atoms with E-state index in [2.05, 4.69) is 92.0 Å². The molecule has 0 spiro atoms. The summed E-state index contributed by atoms with van der Waals surface area (Å²) in [5.74, 6) is 1.34. The summed E-state index contributed by atoms with van der Waals surface area (Å²) in [6.45, 7) is 5.88. The predicted molar refractivity (Wildman–Crippen MR) is 113 cm³/mol. The molecule has 0 aliphatic heterocycles. The first-order valence-corrected chi connectivity index (χ1v) is 9.75. The summed E-state index contributed by atoms with van der Waals surface area (Å²) >= 11 is 0. The van der Waals surface area contributed by atoms with Crippen molar-refractivity contribution >= 4 is 0 Å². The lowest BCUT2D eigenvalue weighted by atomic mass is 9.88. The van der Waals surface area contributed by atoms with Crippen molar-refractivity contribution in [2.24, 2.45) is 0 Å². The molecule has 1 atom stereocenters. The number of nitrogens with one attached hydrogen (secondary N) is 1. The summed E-state index contributed by atoms with van der Waals surface area (Å²) in [6, 6.07) is 30.1. The highest BCUT2D eigenvalue weighted by atomic mass is 16.5. The lowest BCUT2D eigenvalue weighted by molar-refractivity contribution is 0.272. The maximum absolute atomic E-state index is 5.89. The van der Waals surface area contributed by atoms with Crippen molar-refractivity contribution < 1.29 is 4.74 Å². The first kappa shape index (κ1) is 19.2. The van der Waals surface area contributed by atoms with Gasteiger partial charge in [-0.15, -0.1) is 0 Å². The molecule has 0 amide bonds. The molecule has 0 fully saturated rings. The molecule has 27 heavy (non-hydrogen) atoms. The minimum absolute atomic E-state index is 0.304. The molecule has 2 nitrogen and oxygen atoms in total. The number of ether oxygens (including phenoxy) is 1. The van der Waals surface area contributed by atoms with Crippen LogP contribution in [0.25, 0.3) is 0 Å². The van der Waals surface area contributed by atoms with Crippen LogP contribution >= 0.6 is 0 Å². The van der Waals surface area contributed by atoms with Crippen molar-refractivity contribution in [2.45, 2.75) is 32.2 Å². The second-order valence-corrected chi connectivity index (χ2v) is 7.14. The zero-order chi connectivity index (χ0) is 18.9. The molecule has 3 rings (SSSR count). The van der Waals surface area contributed by atoms with Gasteiger partial charge in [-0.1, -0.05) is 78.4 Å². The third kappa shape index (κ3) is 5.97. The highest BCUT2D eigenvalue weighted by Crippen LogP contribution is 2.27. The summed E-state index contributed by atoms with van der Waals surface area (Å²) in [5, 5.41) is 3.61. The van der Waals surface area contributed by atoms with Crippen LogP contribution in [0.1, 0.15) is 36.0 Å². The molecule has 0 aromatic heterocycles. The van der Waals surface area contributed by atoms with Crippen LogP contribution < -0.4 is 10.1 Å². The van der Waals surface area contributed by atoms with Gasteiger partial charge in [0, 0.05) is 12.0 Å². The van der Waals surface area contributed by atoms with Crippen LogP contribution in [0.5, 0.6) is 5.75 Å². The first-order chi connectivity index (χ1) is 13.2. The Morgan fingerprint density at radius 2 is 1.33 bits per heavy atom. The van der Waals surface area contributed by atoms with E-state index in [1.54, 1.807) is 0 Å². The van der Waals surface area contributed by atoms with Gasteiger partial charge < -0.3 is 10.1 Å². The van der Waals surface area contributed by atoms with E-state index in [9.17, 15) is 0 Å². The smallest absolute Gasteiger partial charge is 0.119 e. The fraction of sp³-hybridized carbons (Fsp3) is 0.280. The monoisotopic (exact) mass is 359 g/mol. The van der Waals surface area contributed by atoms with Gasteiger partial charge in [-0.05, 0) is 50.1 Å². The van der Waals surface area contributed by atoms with Gasteiger partial charge in [0.15, 0.2) is 0 Å². The molecule has 2 heteroatoms. The molecule has 3 aromatic carbocycles. The molecular weight excluding hydrogens is 330 g/mol. The normalized spacial score (nSPS) is 12.1. The van der Waals surface area contributed by atoms with E-state index in [4.69, 9.17) is 4.74 Å². The zero-order valence-corrected chi connectivity index (χ0v) is 16.3. The Hall–Kier alpha value is -2.58. The van der Waals surface area contributed by atoms with Crippen LogP contribution in [-0.4, -0.2) is 19.2 Å². The Morgan fingerprint density at radius 1 is 0.778 bits per heavy atom. The van der Waals surface area contributed by atoms with Gasteiger partial charge in [0.25, 0.3) is 0 Å². The Kier molecular flexibility index (Phi) is 7.06. The Labute approximate surface area is 163 Å². The minimum atomic E-state index is 0.304. The predicted octanol–water partition coefficient (Wildman–Crippen LogP) is 5.57. The average molecular weight is 360 g/mol. The second kappa shape index (κ2) is 9.94. The third-order valence-corrected chi connectivity index (χ3v) is 4.85. The summed E-state index contributed by atoms with van der Waals surface area (Å²) < 4.78 is 5.89. The molecule has 3 aromatic rings. The summed E-state index contributed by atoms with van der Waals surface area (Å²) in [6.07, 6.45) is 1.06. The van der Waals surface area contributed by atoms with Crippen LogP contribution in [0.2, 0.25) is 0 Å². The first-order valence-electron chi connectivity index (χ1n) is 9.75. The molecule has 0 bridgehead atoms. The highest BCUT2D eigenvalue weighted by molar-refractivity contribution is 5.32. The number of hydrogen-bond donors (Lipinski definition) is 1. The van der Waals surface area contributed by atoms with Gasteiger partial charge in [-0.2, -0.15) is 0 Å². The van der Waals surface area contributed by atoms with E-state index >= 15 is 0 Å². The van der Waals surface area contributed by atoms with E-state index < -0.39 is 0 Å². The van der Waals surface area contributed by atoms with Gasteiger partial charge in [-0.25, -0.2) is 0 Å². The van der Waals surface area contributed by atoms with Crippen LogP contribution in [0.4, 0.5) is 0 Å². The fourth-order valence-corrected chi connectivity index (χ4v) is 3.29. The Bertz CT molecular complexity index is 744. The maximum atomic E-state index is 5.89. The molecule has 0 aliphatic carbocycles. The minimum Gasteiger partial charge on any atom is -0.492 e. The highest BCUT2D eigenvalue weighted by Gasteiger charge is 2.14.